The number of nitrogens with zero attached hydrogens (tertiary/aromatic N) is 6. The highest BCUT2D eigenvalue weighted by Gasteiger charge is 2.29. The molecule has 42 heavy (non-hydrogen) atoms. The molecule has 10 heteroatoms. The molecule has 0 radical (unpaired) electrons. The summed E-state index contributed by atoms with van der Waals surface area (Å²) in [7, 11) is 3.99. The number of nitrogen functional groups attached to an aromatic ring is 1. The number of pyridine rings is 1. The van der Waals surface area contributed by atoms with Crippen LogP contribution in [0, 0.1) is 0 Å². The number of anilines is 2. The monoisotopic (exact) mass is 564 g/mol. The van der Waals surface area contributed by atoms with Crippen LogP contribution in [0.5, 0.6) is 0 Å². The van der Waals surface area contributed by atoms with E-state index in [4.69, 9.17) is 5.73 Å². The molecule has 1 atom stereocenters. The number of aryl methyl sites for hydroxylation is 1. The predicted molar refractivity (Wildman–Crippen MR) is 164 cm³/mol. The molecular formula is C32H36N8O2. The Bertz CT molecular complexity index is 1610. The molecule has 2 aliphatic rings. The molecule has 0 saturated carbocycles. The SMILES string of the molecule is CN1CCN(c2cccc(-c3cccc(C(=O)N4CC[C@@H](NC(=O)c5cc(-c6cnn(C)c6)cnc5N)C4)c3)c2)CC1. The van der Waals surface area contributed by atoms with E-state index >= 15 is 0 Å². The lowest BCUT2D eigenvalue weighted by molar-refractivity contribution is 0.0783. The van der Waals surface area contributed by atoms with Gasteiger partial charge in [0.05, 0.1) is 11.8 Å². The highest BCUT2D eigenvalue weighted by molar-refractivity contribution is 6.00. The molecule has 3 N–H and O–H groups in total. The van der Waals surface area contributed by atoms with Gasteiger partial charge in [0.15, 0.2) is 0 Å². The number of rotatable bonds is 6. The molecule has 0 spiro atoms. The van der Waals surface area contributed by atoms with Crippen molar-refractivity contribution in [1.29, 1.82) is 0 Å². The van der Waals surface area contributed by atoms with Crippen LogP contribution in [-0.4, -0.2) is 88.7 Å². The summed E-state index contributed by atoms with van der Waals surface area (Å²) < 4.78 is 1.69. The van der Waals surface area contributed by atoms with E-state index in [2.05, 4.69) is 56.5 Å². The van der Waals surface area contributed by atoms with Crippen LogP contribution in [0.2, 0.25) is 0 Å². The molecule has 10 nitrogen and oxygen atoms in total. The molecule has 2 fully saturated rings. The average molecular weight is 565 g/mol. The Morgan fingerprint density at radius 2 is 1.64 bits per heavy atom. The number of piperazine rings is 1. The van der Waals surface area contributed by atoms with Gasteiger partial charge in [-0.3, -0.25) is 14.3 Å². The molecule has 2 saturated heterocycles. The van der Waals surface area contributed by atoms with Crippen molar-refractivity contribution in [2.24, 2.45) is 7.05 Å². The lowest BCUT2D eigenvalue weighted by Gasteiger charge is -2.34. The number of nitrogens with two attached hydrogens (primary N) is 1. The number of benzene rings is 2. The fourth-order valence-electron chi connectivity index (χ4n) is 5.67. The Kier molecular flexibility index (Phi) is 7.62. The summed E-state index contributed by atoms with van der Waals surface area (Å²) in [4.78, 5) is 37.4. The third kappa shape index (κ3) is 5.84. The summed E-state index contributed by atoms with van der Waals surface area (Å²) in [6, 6.07) is 17.9. The molecule has 2 amide bonds. The normalized spacial score (nSPS) is 17.4. The van der Waals surface area contributed by atoms with Gasteiger partial charge in [-0.05, 0) is 54.9 Å². The van der Waals surface area contributed by atoms with Gasteiger partial charge < -0.3 is 25.8 Å². The molecule has 6 rings (SSSR count). The maximum absolute atomic E-state index is 13.5. The summed E-state index contributed by atoms with van der Waals surface area (Å²) in [5.74, 6) is -0.171. The van der Waals surface area contributed by atoms with E-state index in [1.165, 1.54) is 5.69 Å². The quantitative estimate of drug-likeness (QED) is 0.370. The van der Waals surface area contributed by atoms with Crippen LogP contribution < -0.4 is 16.0 Å². The molecule has 2 aromatic carbocycles. The van der Waals surface area contributed by atoms with Gasteiger partial charge in [0.25, 0.3) is 11.8 Å². The molecule has 216 valence electrons. The van der Waals surface area contributed by atoms with Gasteiger partial charge in [0.1, 0.15) is 5.82 Å². The average Bonchev–Trinajstić information content (AvgIpc) is 3.66. The minimum absolute atomic E-state index is 0.0384. The zero-order chi connectivity index (χ0) is 29.2. The molecule has 0 unspecified atom stereocenters. The Hall–Kier alpha value is -4.70. The first-order chi connectivity index (χ1) is 20.3. The third-order valence-corrected chi connectivity index (χ3v) is 8.17. The first-order valence-electron chi connectivity index (χ1n) is 14.3. The van der Waals surface area contributed by atoms with E-state index in [0.717, 1.165) is 48.4 Å². The van der Waals surface area contributed by atoms with Crippen LogP contribution in [0.3, 0.4) is 0 Å². The number of hydrogen-bond donors (Lipinski definition) is 2. The fourth-order valence-corrected chi connectivity index (χ4v) is 5.67. The van der Waals surface area contributed by atoms with E-state index in [1.54, 1.807) is 28.0 Å². The summed E-state index contributed by atoms with van der Waals surface area (Å²) in [5.41, 5.74) is 11.9. The summed E-state index contributed by atoms with van der Waals surface area (Å²) in [6.45, 7) is 5.11. The van der Waals surface area contributed by atoms with Crippen molar-refractivity contribution >= 4 is 23.3 Å². The topological polar surface area (TPSA) is 113 Å². The Morgan fingerprint density at radius 3 is 2.40 bits per heavy atom. The predicted octanol–water partition coefficient (Wildman–Crippen LogP) is 3.13. The number of amides is 2. The van der Waals surface area contributed by atoms with E-state index in [-0.39, 0.29) is 23.7 Å². The maximum Gasteiger partial charge on any atom is 0.255 e. The van der Waals surface area contributed by atoms with Gasteiger partial charge >= 0.3 is 0 Å². The zero-order valence-corrected chi connectivity index (χ0v) is 24.0. The number of likely N-dealkylation sites (N-methyl/N-ethyl adjacent to an activating group) is 1. The van der Waals surface area contributed by atoms with E-state index in [0.29, 0.717) is 30.6 Å². The Balaban J connectivity index is 1.11. The fraction of sp³-hybridized carbons (Fsp3) is 0.312. The number of aromatic nitrogens is 3. The Morgan fingerprint density at radius 1 is 0.881 bits per heavy atom. The first kappa shape index (κ1) is 27.5. The molecule has 4 heterocycles. The second kappa shape index (κ2) is 11.7. The van der Waals surface area contributed by atoms with Crippen molar-refractivity contribution in [2.75, 3.05) is 56.9 Å². The molecule has 0 aliphatic carbocycles. The van der Waals surface area contributed by atoms with Crippen molar-refractivity contribution in [3.63, 3.8) is 0 Å². The highest BCUT2D eigenvalue weighted by Crippen LogP contribution is 2.27. The molecule has 2 aliphatic heterocycles. The number of likely N-dealkylation sites (tertiary alicyclic amines) is 1. The lowest BCUT2D eigenvalue weighted by atomic mass is 10.0. The number of nitrogens with one attached hydrogen (secondary N) is 1. The summed E-state index contributed by atoms with van der Waals surface area (Å²) >= 11 is 0. The summed E-state index contributed by atoms with van der Waals surface area (Å²) in [6.07, 6.45) is 5.87. The van der Waals surface area contributed by atoms with Crippen LogP contribution in [0.25, 0.3) is 22.3 Å². The van der Waals surface area contributed by atoms with Crippen molar-refractivity contribution < 1.29 is 9.59 Å². The van der Waals surface area contributed by atoms with Crippen molar-refractivity contribution in [2.45, 2.75) is 12.5 Å². The van der Waals surface area contributed by atoms with E-state index in [9.17, 15) is 9.59 Å². The van der Waals surface area contributed by atoms with Crippen LogP contribution >= 0.6 is 0 Å². The van der Waals surface area contributed by atoms with Gasteiger partial charge in [-0.25, -0.2) is 4.98 Å². The third-order valence-electron chi connectivity index (χ3n) is 8.17. The van der Waals surface area contributed by atoms with Gasteiger partial charge in [0, 0.05) is 87.1 Å². The number of hydrogen-bond acceptors (Lipinski definition) is 7. The maximum atomic E-state index is 13.5. The molecule has 4 aromatic rings. The van der Waals surface area contributed by atoms with Crippen molar-refractivity contribution in [3.8, 4) is 22.3 Å². The lowest BCUT2D eigenvalue weighted by Crippen LogP contribution is -2.44. The van der Waals surface area contributed by atoms with Crippen LogP contribution in [0.1, 0.15) is 27.1 Å². The standard InChI is InChI=1S/C32H36N8O2/c1-37-11-13-39(14-12-37)28-8-4-6-23(16-28)22-5-3-7-24(15-22)32(42)40-10-9-27(21-40)36-31(41)29-17-25(18-34-30(29)33)26-19-35-38(2)20-26/h3-8,15-20,27H,9-14,21H2,1-2H3,(H2,33,34)(H,36,41)/t27-/m1/s1. The van der Waals surface area contributed by atoms with Gasteiger partial charge in [0.2, 0.25) is 0 Å². The smallest absolute Gasteiger partial charge is 0.255 e. The zero-order valence-electron chi connectivity index (χ0n) is 24.0. The minimum Gasteiger partial charge on any atom is -0.383 e. The van der Waals surface area contributed by atoms with E-state index < -0.39 is 0 Å². The van der Waals surface area contributed by atoms with Crippen LogP contribution in [0.4, 0.5) is 11.5 Å². The second-order valence-corrected chi connectivity index (χ2v) is 11.2. The number of carbonyl (C=O) groups excluding carboxylic acids is 2. The van der Waals surface area contributed by atoms with Crippen LogP contribution in [0.15, 0.2) is 73.2 Å². The summed E-state index contributed by atoms with van der Waals surface area (Å²) in [5, 5.41) is 7.24. The first-order valence-corrected chi connectivity index (χ1v) is 14.3. The van der Waals surface area contributed by atoms with Gasteiger partial charge in [-0.2, -0.15) is 5.10 Å². The minimum atomic E-state index is -0.299. The Labute approximate surface area is 245 Å². The highest BCUT2D eigenvalue weighted by atomic mass is 16.2. The molecular weight excluding hydrogens is 528 g/mol. The second-order valence-electron chi connectivity index (χ2n) is 11.2. The number of carbonyl (C=O) groups is 2. The van der Waals surface area contributed by atoms with Crippen LogP contribution in [-0.2, 0) is 7.05 Å². The van der Waals surface area contributed by atoms with Gasteiger partial charge in [-0.1, -0.05) is 24.3 Å². The van der Waals surface area contributed by atoms with Crippen molar-refractivity contribution in [3.05, 3.63) is 84.3 Å². The van der Waals surface area contributed by atoms with E-state index in [1.807, 2.05) is 37.5 Å². The van der Waals surface area contributed by atoms with Gasteiger partial charge in [-0.15, -0.1) is 0 Å². The van der Waals surface area contributed by atoms with Crippen molar-refractivity contribution in [1.82, 2.24) is 29.9 Å². The molecule has 0 bridgehead atoms. The largest absolute Gasteiger partial charge is 0.383 e. The molecule has 2 aromatic heterocycles.